The number of carbonyl (C=O) groups excluding carboxylic acids is 2. The van der Waals surface area contributed by atoms with Crippen molar-refractivity contribution in [2.24, 2.45) is 0 Å². The Balaban J connectivity index is 1.51. The van der Waals surface area contributed by atoms with Crippen LogP contribution in [0, 0.1) is 0 Å². The summed E-state index contributed by atoms with van der Waals surface area (Å²) in [6.45, 7) is 2.73. The first-order valence-corrected chi connectivity index (χ1v) is 8.90. The van der Waals surface area contributed by atoms with Gasteiger partial charge in [0.1, 0.15) is 0 Å². The third kappa shape index (κ3) is 3.76. The number of benzene rings is 1. The van der Waals surface area contributed by atoms with E-state index in [0.29, 0.717) is 32.7 Å². The highest BCUT2D eigenvalue weighted by atomic mass is 32.1. The van der Waals surface area contributed by atoms with E-state index in [2.05, 4.69) is 0 Å². The Bertz CT molecular complexity index is 680. The van der Waals surface area contributed by atoms with Crippen molar-refractivity contribution in [2.75, 3.05) is 44.7 Å². The van der Waals surface area contributed by atoms with Crippen LogP contribution >= 0.6 is 11.3 Å². The smallest absolute Gasteiger partial charge is 0.264 e. The van der Waals surface area contributed by atoms with E-state index in [1.54, 1.807) is 0 Å². The number of hydrogen-bond donors (Lipinski definition) is 0. The van der Waals surface area contributed by atoms with E-state index in [9.17, 15) is 9.59 Å². The number of amides is 2. The fourth-order valence-corrected chi connectivity index (χ4v) is 3.48. The SMILES string of the molecule is CN(CC(=O)N1CCN(C(=O)c2cccs2)CC1)c1ccccc1. The van der Waals surface area contributed by atoms with Gasteiger partial charge >= 0.3 is 0 Å². The molecule has 0 atom stereocenters. The summed E-state index contributed by atoms with van der Waals surface area (Å²) in [5.74, 6) is 0.170. The summed E-state index contributed by atoms with van der Waals surface area (Å²) in [4.78, 5) is 31.2. The van der Waals surface area contributed by atoms with Crippen LogP contribution < -0.4 is 4.90 Å². The molecule has 1 aliphatic heterocycles. The zero-order valence-electron chi connectivity index (χ0n) is 13.7. The van der Waals surface area contributed by atoms with Crippen molar-refractivity contribution in [1.82, 2.24) is 9.80 Å². The van der Waals surface area contributed by atoms with Crippen LogP contribution in [0.5, 0.6) is 0 Å². The van der Waals surface area contributed by atoms with Crippen molar-refractivity contribution in [3.8, 4) is 0 Å². The van der Waals surface area contributed by atoms with Gasteiger partial charge in [0.15, 0.2) is 0 Å². The van der Waals surface area contributed by atoms with Gasteiger partial charge in [-0.15, -0.1) is 11.3 Å². The van der Waals surface area contributed by atoms with Crippen LogP contribution in [0.3, 0.4) is 0 Å². The van der Waals surface area contributed by atoms with Crippen LogP contribution in [0.4, 0.5) is 5.69 Å². The minimum absolute atomic E-state index is 0.0681. The van der Waals surface area contributed by atoms with Crippen molar-refractivity contribution in [2.45, 2.75) is 0 Å². The summed E-state index contributed by atoms with van der Waals surface area (Å²) in [6, 6.07) is 13.6. The Kier molecular flexibility index (Phi) is 5.15. The summed E-state index contributed by atoms with van der Waals surface area (Å²) in [6.07, 6.45) is 0. The van der Waals surface area contributed by atoms with Crippen LogP contribution in [0.2, 0.25) is 0 Å². The fraction of sp³-hybridized carbons (Fsp3) is 0.333. The summed E-state index contributed by atoms with van der Waals surface area (Å²) in [5.41, 5.74) is 1.03. The largest absolute Gasteiger partial charge is 0.365 e. The lowest BCUT2D eigenvalue weighted by Gasteiger charge is -2.35. The Morgan fingerprint density at radius 2 is 1.67 bits per heavy atom. The highest BCUT2D eigenvalue weighted by molar-refractivity contribution is 7.12. The molecule has 0 aliphatic carbocycles. The maximum absolute atomic E-state index is 12.5. The molecule has 3 rings (SSSR count). The van der Waals surface area contributed by atoms with Crippen molar-refractivity contribution in [1.29, 1.82) is 0 Å². The number of thiophene rings is 1. The molecular weight excluding hydrogens is 322 g/mol. The first-order valence-electron chi connectivity index (χ1n) is 8.02. The Hall–Kier alpha value is -2.34. The molecule has 0 spiro atoms. The van der Waals surface area contributed by atoms with E-state index in [4.69, 9.17) is 0 Å². The molecule has 24 heavy (non-hydrogen) atoms. The molecule has 1 aromatic carbocycles. The number of nitrogens with zero attached hydrogens (tertiary/aromatic N) is 3. The Labute approximate surface area is 146 Å². The van der Waals surface area contributed by atoms with Crippen molar-refractivity contribution < 1.29 is 9.59 Å². The highest BCUT2D eigenvalue weighted by Gasteiger charge is 2.25. The number of anilines is 1. The van der Waals surface area contributed by atoms with Crippen molar-refractivity contribution in [3.63, 3.8) is 0 Å². The number of para-hydroxylation sites is 1. The van der Waals surface area contributed by atoms with Crippen molar-refractivity contribution in [3.05, 3.63) is 52.7 Å². The third-order valence-corrected chi connectivity index (χ3v) is 5.08. The van der Waals surface area contributed by atoms with Gasteiger partial charge in [0, 0.05) is 38.9 Å². The van der Waals surface area contributed by atoms with E-state index in [-0.39, 0.29) is 11.8 Å². The van der Waals surface area contributed by atoms with Crippen molar-refractivity contribution >= 4 is 28.8 Å². The molecule has 2 amide bonds. The molecule has 0 N–H and O–H groups in total. The lowest BCUT2D eigenvalue weighted by atomic mass is 10.2. The van der Waals surface area contributed by atoms with E-state index < -0.39 is 0 Å². The predicted octanol–water partition coefficient (Wildman–Crippen LogP) is 2.17. The summed E-state index contributed by atoms with van der Waals surface area (Å²) >= 11 is 1.46. The van der Waals surface area contributed by atoms with Crippen LogP contribution in [0.1, 0.15) is 9.67 Å². The van der Waals surface area contributed by atoms with Crippen LogP contribution in [0.15, 0.2) is 47.8 Å². The second-order valence-electron chi connectivity index (χ2n) is 5.84. The maximum Gasteiger partial charge on any atom is 0.264 e. The quantitative estimate of drug-likeness (QED) is 0.855. The molecule has 126 valence electrons. The number of likely N-dealkylation sites (N-methyl/N-ethyl adjacent to an activating group) is 1. The molecule has 1 saturated heterocycles. The number of rotatable bonds is 4. The molecule has 0 saturated carbocycles. The standard InChI is InChI=1S/C18H21N3O2S/c1-19(15-6-3-2-4-7-15)14-17(22)20-9-11-21(12-10-20)18(23)16-8-5-13-24-16/h2-8,13H,9-12,14H2,1H3. The first-order chi connectivity index (χ1) is 11.6. The molecule has 2 aromatic rings. The zero-order chi connectivity index (χ0) is 16.9. The van der Waals surface area contributed by atoms with Gasteiger partial charge in [-0.05, 0) is 23.6 Å². The normalized spacial score (nSPS) is 14.5. The van der Waals surface area contributed by atoms with Gasteiger partial charge in [0.05, 0.1) is 11.4 Å². The number of carbonyl (C=O) groups is 2. The van der Waals surface area contributed by atoms with Gasteiger partial charge in [-0.1, -0.05) is 24.3 Å². The molecular formula is C18H21N3O2S. The van der Waals surface area contributed by atoms with Crippen LogP contribution in [-0.2, 0) is 4.79 Å². The van der Waals surface area contributed by atoms with E-state index in [1.807, 2.05) is 69.6 Å². The first kappa shape index (κ1) is 16.5. The minimum atomic E-state index is 0.0681. The Morgan fingerprint density at radius 1 is 1.00 bits per heavy atom. The lowest BCUT2D eigenvalue weighted by molar-refractivity contribution is -0.131. The zero-order valence-corrected chi connectivity index (χ0v) is 14.5. The molecule has 6 heteroatoms. The van der Waals surface area contributed by atoms with Gasteiger partial charge < -0.3 is 14.7 Å². The van der Waals surface area contributed by atoms with E-state index in [1.165, 1.54) is 11.3 Å². The molecule has 1 aromatic heterocycles. The Morgan fingerprint density at radius 3 is 2.29 bits per heavy atom. The molecule has 1 aliphatic rings. The topological polar surface area (TPSA) is 43.9 Å². The van der Waals surface area contributed by atoms with Gasteiger partial charge in [-0.25, -0.2) is 0 Å². The third-order valence-electron chi connectivity index (χ3n) is 4.22. The second kappa shape index (κ2) is 7.49. The lowest BCUT2D eigenvalue weighted by Crippen LogP contribution is -2.52. The summed E-state index contributed by atoms with van der Waals surface area (Å²) in [7, 11) is 1.92. The maximum atomic E-state index is 12.5. The van der Waals surface area contributed by atoms with E-state index >= 15 is 0 Å². The van der Waals surface area contributed by atoms with Gasteiger partial charge in [-0.2, -0.15) is 0 Å². The monoisotopic (exact) mass is 343 g/mol. The molecule has 2 heterocycles. The van der Waals surface area contributed by atoms with Gasteiger partial charge in [-0.3, -0.25) is 9.59 Å². The van der Waals surface area contributed by atoms with Crippen LogP contribution in [-0.4, -0.2) is 61.4 Å². The molecule has 5 nitrogen and oxygen atoms in total. The summed E-state index contributed by atoms with van der Waals surface area (Å²) < 4.78 is 0. The van der Waals surface area contributed by atoms with Gasteiger partial charge in [0.25, 0.3) is 5.91 Å². The summed E-state index contributed by atoms with van der Waals surface area (Å²) in [5, 5.41) is 1.91. The second-order valence-corrected chi connectivity index (χ2v) is 6.79. The number of hydrogen-bond acceptors (Lipinski definition) is 4. The van der Waals surface area contributed by atoms with Gasteiger partial charge in [0.2, 0.25) is 5.91 Å². The average Bonchev–Trinajstić information content (AvgIpc) is 3.16. The van der Waals surface area contributed by atoms with E-state index in [0.717, 1.165) is 10.6 Å². The van der Waals surface area contributed by atoms with Crippen LogP contribution in [0.25, 0.3) is 0 Å². The molecule has 0 radical (unpaired) electrons. The molecule has 0 bridgehead atoms. The predicted molar refractivity (Wildman–Crippen MR) is 96.5 cm³/mol. The molecule has 0 unspecified atom stereocenters. The average molecular weight is 343 g/mol. The minimum Gasteiger partial charge on any atom is -0.365 e. The fourth-order valence-electron chi connectivity index (χ4n) is 2.79. The number of piperazine rings is 1. The highest BCUT2D eigenvalue weighted by Crippen LogP contribution is 2.15. The molecule has 1 fully saturated rings.